The molecule has 0 atom stereocenters. The fourth-order valence-electron chi connectivity index (χ4n) is 11.0. The van der Waals surface area contributed by atoms with Gasteiger partial charge in [-0.15, -0.1) is 0 Å². The van der Waals surface area contributed by atoms with Gasteiger partial charge in [-0.3, -0.25) is 0 Å². The fraction of sp³-hybridized carbons (Fsp3) is 0.471. The quantitative estimate of drug-likeness (QED) is 0.0404. The second-order valence-electron chi connectivity index (χ2n) is 20.6. The van der Waals surface area contributed by atoms with Gasteiger partial charge in [0, 0.05) is 0 Å². The molecule has 0 radical (unpaired) electrons. The van der Waals surface area contributed by atoms with Gasteiger partial charge in [0.1, 0.15) is 23.0 Å². The second kappa shape index (κ2) is 29.1. The molecule has 76 heavy (non-hydrogen) atoms. The van der Waals surface area contributed by atoms with E-state index >= 15 is 9.13 Å². The third-order valence-electron chi connectivity index (χ3n) is 14.9. The van der Waals surface area contributed by atoms with Crippen LogP contribution in [0.1, 0.15) is 201 Å². The Morgan fingerprint density at radius 1 is 0.263 bits per heavy atom. The molecule has 0 unspecified atom stereocenters. The number of benzene rings is 6. The van der Waals surface area contributed by atoms with Gasteiger partial charge in [-0.1, -0.05) is 207 Å². The first-order valence-corrected chi connectivity index (χ1v) is 32.7. The predicted octanol–water partition coefficient (Wildman–Crippen LogP) is 19.2. The minimum atomic E-state index is -4.11. The third kappa shape index (κ3) is 14.0. The predicted molar refractivity (Wildman–Crippen MR) is 324 cm³/mol. The average Bonchev–Trinajstić information content (AvgIpc) is 3.44. The van der Waals surface area contributed by atoms with Crippen molar-refractivity contribution in [2.45, 2.75) is 212 Å². The molecule has 0 aromatic heterocycles. The molecule has 0 aliphatic carbocycles. The van der Waals surface area contributed by atoms with Crippen LogP contribution >= 0.6 is 15.2 Å². The van der Waals surface area contributed by atoms with Gasteiger partial charge in [-0.05, 0) is 179 Å². The van der Waals surface area contributed by atoms with Crippen LogP contribution in [0.5, 0.6) is 23.0 Å². The summed E-state index contributed by atoms with van der Waals surface area (Å²) in [6, 6.07) is 33.3. The maximum Gasteiger partial charge on any atom is 0.462 e. The summed E-state index contributed by atoms with van der Waals surface area (Å²) in [7, 11) is -8.21. The number of rotatable bonds is 31. The highest BCUT2D eigenvalue weighted by Crippen LogP contribution is 2.54. The molecule has 0 amide bonds. The first-order chi connectivity index (χ1) is 36.9. The Kier molecular flexibility index (Phi) is 23.1. The van der Waals surface area contributed by atoms with E-state index in [0.717, 1.165) is 184 Å². The lowest BCUT2D eigenvalue weighted by Crippen LogP contribution is -2.18. The molecule has 0 heterocycles. The zero-order valence-electron chi connectivity index (χ0n) is 48.7. The van der Waals surface area contributed by atoms with Gasteiger partial charge in [0.05, 0.1) is 10.6 Å². The summed E-state index contributed by atoms with van der Waals surface area (Å²) >= 11 is 0. The maximum absolute atomic E-state index is 16.3. The Morgan fingerprint density at radius 2 is 0.461 bits per heavy atom. The van der Waals surface area contributed by atoms with Gasteiger partial charge in [0.15, 0.2) is 0 Å². The van der Waals surface area contributed by atoms with Crippen LogP contribution in [-0.4, -0.2) is 0 Å². The lowest BCUT2D eigenvalue weighted by Gasteiger charge is -2.28. The van der Waals surface area contributed by atoms with E-state index in [-0.39, 0.29) is 0 Å². The minimum absolute atomic E-state index is 0.498. The number of aryl methyl sites for hydroxylation is 8. The van der Waals surface area contributed by atoms with Crippen LogP contribution in [0.2, 0.25) is 0 Å². The van der Waals surface area contributed by atoms with Crippen LogP contribution < -0.4 is 28.7 Å². The Labute approximate surface area is 460 Å². The lowest BCUT2D eigenvalue weighted by atomic mass is 9.95. The monoisotopic (exact) mass is 1070 g/mol. The molecule has 0 bridgehead atoms. The van der Waals surface area contributed by atoms with Gasteiger partial charge in [-0.2, -0.15) is 0 Å². The normalized spacial score (nSPS) is 11.8. The van der Waals surface area contributed by atoms with E-state index in [2.05, 4.69) is 132 Å². The number of hydrogen-bond acceptors (Lipinski definition) is 6. The summed E-state index contributed by atoms with van der Waals surface area (Å²) in [6.45, 7) is 26.2. The summed E-state index contributed by atoms with van der Waals surface area (Å²) in [5.41, 5.74) is 15.4. The van der Waals surface area contributed by atoms with Crippen LogP contribution in [0.3, 0.4) is 0 Å². The first-order valence-electron chi connectivity index (χ1n) is 29.6. The van der Waals surface area contributed by atoms with Crippen molar-refractivity contribution in [3.8, 4) is 34.1 Å². The standard InChI is InChI=1S/C68H92O6P2/c1-13-25-55-37-33-49(21-9)61(29-17-5)65(55)71-75(69,72-66-56(26-14-2)38-34-50(22-10)62(66)30-18-6)59-45-41-53(42-46-59)54-43-47-60(48-44-54)76(70,73-67-57(27-15-3)39-35-51(23-11)63(67)31-19-7)74-68-58(28-16-4)40-36-52(24-12)64(68)32-20-8/h33-48H,13-32H2,1-12H3. The lowest BCUT2D eigenvalue weighted by molar-refractivity contribution is 0.389. The third-order valence-corrected chi connectivity index (χ3v) is 18.5. The van der Waals surface area contributed by atoms with Crippen LogP contribution in [0.4, 0.5) is 0 Å². The van der Waals surface area contributed by atoms with Crippen LogP contribution in [0.15, 0.2) is 97.1 Å². The van der Waals surface area contributed by atoms with E-state index in [0.29, 0.717) is 33.6 Å². The van der Waals surface area contributed by atoms with Gasteiger partial charge < -0.3 is 18.1 Å². The topological polar surface area (TPSA) is 71.1 Å². The molecule has 6 aromatic carbocycles. The molecular weight excluding hydrogens is 975 g/mol. The van der Waals surface area contributed by atoms with Gasteiger partial charge in [0.2, 0.25) is 0 Å². The molecule has 6 rings (SSSR count). The molecule has 6 aromatic rings. The highest BCUT2D eigenvalue weighted by Gasteiger charge is 2.38. The zero-order valence-corrected chi connectivity index (χ0v) is 50.5. The Bertz CT molecular complexity index is 2570. The van der Waals surface area contributed by atoms with E-state index in [1.165, 1.54) is 22.3 Å². The molecule has 410 valence electrons. The molecular formula is C68H92O6P2. The second-order valence-corrected chi connectivity index (χ2v) is 24.4. The SMILES string of the molecule is CCCc1ccc(CC)c(CCC)c1OP(=O)(Oc1c(CCC)ccc(CC)c1CCC)c1ccc(-c2ccc(P(=O)(Oc3c(CCC)ccc(CC)c3CCC)Oc3c(CCC)ccc(CC)c3CCC)cc2)cc1. The Balaban J connectivity index is 1.51. The summed E-state index contributed by atoms with van der Waals surface area (Å²) in [4.78, 5) is 0. The van der Waals surface area contributed by atoms with Crippen molar-refractivity contribution in [3.05, 3.63) is 164 Å². The molecule has 0 saturated heterocycles. The molecule has 0 spiro atoms. The van der Waals surface area contributed by atoms with Gasteiger partial charge in [0.25, 0.3) is 0 Å². The Hall–Kier alpha value is -5.02. The van der Waals surface area contributed by atoms with Crippen LogP contribution in [-0.2, 0) is 86.2 Å². The van der Waals surface area contributed by atoms with Crippen molar-refractivity contribution in [3.63, 3.8) is 0 Å². The summed E-state index contributed by atoms with van der Waals surface area (Å²) in [6.07, 6.45) is 17.3. The van der Waals surface area contributed by atoms with E-state index < -0.39 is 15.2 Å². The fourth-order valence-corrected chi connectivity index (χ4v) is 14.4. The first kappa shape index (κ1) is 60.2. The molecule has 0 saturated carbocycles. The summed E-state index contributed by atoms with van der Waals surface area (Å²) < 4.78 is 61.2. The molecule has 0 N–H and O–H groups in total. The van der Waals surface area contributed by atoms with E-state index in [1.807, 2.05) is 48.5 Å². The molecule has 0 aliphatic rings. The summed E-state index contributed by atoms with van der Waals surface area (Å²) in [5.74, 6) is 2.82. The van der Waals surface area contributed by atoms with Crippen LogP contribution in [0.25, 0.3) is 11.1 Å². The van der Waals surface area contributed by atoms with Crippen molar-refractivity contribution < 1.29 is 27.2 Å². The van der Waals surface area contributed by atoms with E-state index in [4.69, 9.17) is 18.1 Å². The zero-order chi connectivity index (χ0) is 54.8. The smallest absolute Gasteiger partial charge is 0.412 e. The average molecular weight is 1070 g/mol. The van der Waals surface area contributed by atoms with Crippen molar-refractivity contribution in [2.24, 2.45) is 0 Å². The van der Waals surface area contributed by atoms with Crippen molar-refractivity contribution >= 4 is 25.8 Å². The molecule has 0 aliphatic heterocycles. The van der Waals surface area contributed by atoms with Crippen molar-refractivity contribution in [1.82, 2.24) is 0 Å². The molecule has 6 nitrogen and oxygen atoms in total. The van der Waals surface area contributed by atoms with Gasteiger partial charge in [-0.25, -0.2) is 9.13 Å². The Morgan fingerprint density at radius 3 is 0.645 bits per heavy atom. The molecule has 0 fully saturated rings. The minimum Gasteiger partial charge on any atom is -0.412 e. The van der Waals surface area contributed by atoms with Crippen LogP contribution in [0, 0.1) is 0 Å². The molecule has 8 heteroatoms. The highest BCUT2D eigenvalue weighted by atomic mass is 31.2. The number of hydrogen-bond donors (Lipinski definition) is 0. The van der Waals surface area contributed by atoms with Crippen molar-refractivity contribution in [1.29, 1.82) is 0 Å². The maximum atomic E-state index is 16.3. The highest BCUT2D eigenvalue weighted by molar-refractivity contribution is 7.63. The van der Waals surface area contributed by atoms with Gasteiger partial charge >= 0.3 is 15.2 Å². The van der Waals surface area contributed by atoms with Crippen molar-refractivity contribution in [2.75, 3.05) is 0 Å². The summed E-state index contributed by atoms with van der Waals surface area (Å²) in [5, 5.41) is 0.996. The largest absolute Gasteiger partial charge is 0.462 e. The van der Waals surface area contributed by atoms with E-state index in [1.54, 1.807) is 0 Å². The van der Waals surface area contributed by atoms with E-state index in [9.17, 15) is 0 Å².